The van der Waals surface area contributed by atoms with E-state index in [2.05, 4.69) is 51.9 Å². The molecule has 0 radical (unpaired) electrons. The van der Waals surface area contributed by atoms with Crippen LogP contribution >= 0.6 is 0 Å². The molecule has 1 saturated heterocycles. The van der Waals surface area contributed by atoms with E-state index in [1.165, 1.54) is 12.0 Å². The predicted molar refractivity (Wildman–Crippen MR) is 140 cm³/mol. The average Bonchev–Trinajstić information content (AvgIpc) is 2.91. The third-order valence-electron chi connectivity index (χ3n) is 7.50. The van der Waals surface area contributed by atoms with Gasteiger partial charge in [-0.15, -0.1) is 0 Å². The highest BCUT2D eigenvalue weighted by Gasteiger charge is 2.30. The van der Waals surface area contributed by atoms with Crippen LogP contribution in [-0.2, 0) is 4.79 Å². The molecular weight excluding hydrogens is 436 g/mol. The number of nitrogens with one attached hydrogen (secondary N) is 2. The summed E-state index contributed by atoms with van der Waals surface area (Å²) in [5, 5.41) is 6.79. The van der Waals surface area contributed by atoms with Crippen molar-refractivity contribution in [2.75, 3.05) is 32.7 Å². The fourth-order valence-electron chi connectivity index (χ4n) is 5.51. The van der Waals surface area contributed by atoms with Crippen LogP contribution < -0.4 is 10.6 Å². The van der Waals surface area contributed by atoms with Crippen LogP contribution in [0.25, 0.3) is 0 Å². The number of nitrogens with zero attached hydrogens (tertiary/aromatic N) is 2. The Bertz CT molecular complexity index is 952. The van der Waals surface area contributed by atoms with Crippen molar-refractivity contribution in [1.29, 1.82) is 0 Å². The summed E-state index contributed by atoms with van der Waals surface area (Å²) in [7, 11) is 0. The first kappa shape index (κ1) is 25.4. The lowest BCUT2D eigenvalue weighted by Crippen LogP contribution is -2.59. The topological polar surface area (TPSA) is 64.7 Å². The number of carbonyl (C=O) groups is 2. The molecule has 2 aromatic rings. The summed E-state index contributed by atoms with van der Waals surface area (Å²) in [6, 6.07) is 18.7. The summed E-state index contributed by atoms with van der Waals surface area (Å²) in [4.78, 5) is 30.0. The lowest BCUT2D eigenvalue weighted by atomic mass is 9.88. The Morgan fingerprint density at radius 2 is 1.63 bits per heavy atom. The molecule has 1 saturated carbocycles. The van der Waals surface area contributed by atoms with Crippen LogP contribution in [0.3, 0.4) is 0 Å². The van der Waals surface area contributed by atoms with Crippen molar-refractivity contribution in [2.45, 2.75) is 58.2 Å². The van der Waals surface area contributed by atoms with Crippen LogP contribution in [0.4, 0.5) is 0 Å². The Morgan fingerprint density at radius 1 is 0.971 bits per heavy atom. The van der Waals surface area contributed by atoms with E-state index < -0.39 is 0 Å². The molecule has 6 nitrogen and oxygen atoms in total. The molecule has 0 aromatic heterocycles. The predicted octanol–water partition coefficient (Wildman–Crippen LogP) is 4.19. The Kier molecular flexibility index (Phi) is 8.94. The summed E-state index contributed by atoms with van der Waals surface area (Å²) in [6.07, 6.45) is 5.52. The maximum atomic E-state index is 12.9. The number of benzene rings is 2. The minimum atomic E-state index is -0.0621. The fraction of sp³-hybridized carbons (Fsp3) is 0.517. The van der Waals surface area contributed by atoms with Gasteiger partial charge in [0, 0.05) is 44.2 Å². The van der Waals surface area contributed by atoms with Crippen LogP contribution in [0.5, 0.6) is 0 Å². The fourth-order valence-corrected chi connectivity index (χ4v) is 5.51. The van der Waals surface area contributed by atoms with E-state index in [-0.39, 0.29) is 29.9 Å². The molecular formula is C29H40N4O2. The van der Waals surface area contributed by atoms with Crippen molar-refractivity contribution in [2.24, 2.45) is 5.92 Å². The highest BCUT2D eigenvalue weighted by atomic mass is 16.2. The molecule has 2 fully saturated rings. The molecule has 2 aromatic carbocycles. The third kappa shape index (κ3) is 6.30. The number of piperazine rings is 1. The number of hydrogen-bond acceptors (Lipinski definition) is 4. The Hall–Kier alpha value is -2.70. The van der Waals surface area contributed by atoms with Crippen molar-refractivity contribution < 1.29 is 9.59 Å². The summed E-state index contributed by atoms with van der Waals surface area (Å²) in [5.41, 5.74) is 3.10. The van der Waals surface area contributed by atoms with E-state index in [0.717, 1.165) is 56.4 Å². The highest BCUT2D eigenvalue weighted by Crippen LogP contribution is 2.30. The standard InChI is InChI=1S/C29H40N4O2/c1-3-32(4-2)29(35)25-17-15-23(16-18-25)27(22-11-7-5-8-12-22)33-20-19-30-26(21-33)31-28(34)24-13-9-6-10-14-24/h5,7-8,11-12,15-18,24,26-27,30H,3-4,6,9-10,13-14,19-21H2,1-2H3,(H,31,34)/t26-,27?/m0/s1. The van der Waals surface area contributed by atoms with Crippen molar-refractivity contribution in [1.82, 2.24) is 20.4 Å². The molecule has 2 aliphatic rings. The molecule has 0 spiro atoms. The van der Waals surface area contributed by atoms with E-state index >= 15 is 0 Å². The summed E-state index contributed by atoms with van der Waals surface area (Å²) >= 11 is 0. The number of rotatable bonds is 8. The van der Waals surface area contributed by atoms with Crippen LogP contribution in [0.1, 0.15) is 73.5 Å². The average molecular weight is 477 g/mol. The highest BCUT2D eigenvalue weighted by molar-refractivity contribution is 5.94. The maximum Gasteiger partial charge on any atom is 0.253 e. The molecule has 1 aliphatic heterocycles. The van der Waals surface area contributed by atoms with E-state index in [1.54, 1.807) is 0 Å². The van der Waals surface area contributed by atoms with Gasteiger partial charge in [0.05, 0.1) is 12.2 Å². The van der Waals surface area contributed by atoms with Gasteiger partial charge in [-0.2, -0.15) is 0 Å². The number of amides is 2. The van der Waals surface area contributed by atoms with E-state index in [9.17, 15) is 9.59 Å². The van der Waals surface area contributed by atoms with Gasteiger partial charge in [0.25, 0.3) is 5.91 Å². The van der Waals surface area contributed by atoms with Crippen LogP contribution in [0.2, 0.25) is 0 Å². The molecule has 1 aliphatic carbocycles. The first-order valence-corrected chi connectivity index (χ1v) is 13.3. The van der Waals surface area contributed by atoms with Crippen LogP contribution in [0.15, 0.2) is 54.6 Å². The molecule has 2 N–H and O–H groups in total. The second-order valence-corrected chi connectivity index (χ2v) is 9.76. The van der Waals surface area contributed by atoms with E-state index in [4.69, 9.17) is 0 Å². The van der Waals surface area contributed by atoms with Gasteiger partial charge in [-0.05, 0) is 49.9 Å². The third-order valence-corrected chi connectivity index (χ3v) is 7.50. The number of hydrogen-bond donors (Lipinski definition) is 2. The molecule has 2 atom stereocenters. The second-order valence-electron chi connectivity index (χ2n) is 9.76. The second kappa shape index (κ2) is 12.3. The lowest BCUT2D eigenvalue weighted by Gasteiger charge is -2.40. The van der Waals surface area contributed by atoms with Crippen molar-refractivity contribution in [3.8, 4) is 0 Å². The van der Waals surface area contributed by atoms with Gasteiger partial charge in [0.2, 0.25) is 5.91 Å². The van der Waals surface area contributed by atoms with Crippen molar-refractivity contribution in [3.63, 3.8) is 0 Å². The zero-order chi connectivity index (χ0) is 24.6. The molecule has 35 heavy (non-hydrogen) atoms. The molecule has 188 valence electrons. The molecule has 0 bridgehead atoms. The maximum absolute atomic E-state index is 12.9. The van der Waals surface area contributed by atoms with Gasteiger partial charge in [-0.1, -0.05) is 61.7 Å². The smallest absolute Gasteiger partial charge is 0.253 e. The first-order valence-electron chi connectivity index (χ1n) is 13.3. The first-order chi connectivity index (χ1) is 17.1. The number of carbonyl (C=O) groups excluding carboxylic acids is 2. The summed E-state index contributed by atoms with van der Waals surface area (Å²) in [6.45, 7) is 7.87. The Morgan fingerprint density at radius 3 is 2.29 bits per heavy atom. The van der Waals surface area contributed by atoms with Crippen molar-refractivity contribution >= 4 is 11.8 Å². The van der Waals surface area contributed by atoms with Crippen LogP contribution in [0, 0.1) is 5.92 Å². The van der Waals surface area contributed by atoms with E-state index in [0.29, 0.717) is 13.1 Å². The van der Waals surface area contributed by atoms with E-state index in [1.807, 2.05) is 36.9 Å². The quantitative estimate of drug-likeness (QED) is 0.600. The summed E-state index contributed by atoms with van der Waals surface area (Å²) in [5.74, 6) is 0.423. The summed E-state index contributed by atoms with van der Waals surface area (Å²) < 4.78 is 0. The minimum absolute atomic E-state index is 0.0602. The Balaban J connectivity index is 1.52. The zero-order valence-corrected chi connectivity index (χ0v) is 21.2. The van der Waals surface area contributed by atoms with Crippen molar-refractivity contribution in [3.05, 3.63) is 71.3 Å². The van der Waals surface area contributed by atoms with Gasteiger partial charge in [-0.3, -0.25) is 19.8 Å². The molecule has 2 amide bonds. The van der Waals surface area contributed by atoms with Gasteiger partial charge in [0.15, 0.2) is 0 Å². The zero-order valence-electron chi connectivity index (χ0n) is 21.2. The van der Waals surface area contributed by atoms with Gasteiger partial charge >= 0.3 is 0 Å². The SMILES string of the molecule is CCN(CC)C(=O)c1ccc(C(c2ccccc2)N2CCN[C@@H](NC(=O)C3CCCCC3)C2)cc1. The van der Waals surface area contributed by atoms with Gasteiger partial charge in [-0.25, -0.2) is 0 Å². The molecule has 1 heterocycles. The normalized spacial score (nSPS) is 20.2. The molecule has 4 rings (SSSR count). The monoisotopic (exact) mass is 476 g/mol. The lowest BCUT2D eigenvalue weighted by molar-refractivity contribution is -0.127. The largest absolute Gasteiger partial charge is 0.339 e. The molecule has 1 unspecified atom stereocenters. The van der Waals surface area contributed by atoms with Gasteiger partial charge in [0.1, 0.15) is 0 Å². The minimum Gasteiger partial charge on any atom is -0.339 e. The Labute approximate surface area is 210 Å². The van der Waals surface area contributed by atoms with Gasteiger partial charge < -0.3 is 10.2 Å². The van der Waals surface area contributed by atoms with Crippen LogP contribution in [-0.4, -0.2) is 60.5 Å². The molecule has 6 heteroatoms.